The number of benzene rings is 2. The molecule has 0 unspecified atom stereocenters. The standard InChI is InChI=1S/C14H9BrN2O/c15-10-6-7-11-12(8-10)16-17-13(11)14(18)9-4-2-1-3-5-9/h1-8,13H/t13-/m1/s1. The molecule has 3 nitrogen and oxygen atoms in total. The van der Waals surface area contributed by atoms with Crippen molar-refractivity contribution in [3.63, 3.8) is 0 Å². The Bertz CT molecular complexity index is 637. The van der Waals surface area contributed by atoms with E-state index in [2.05, 4.69) is 26.2 Å². The van der Waals surface area contributed by atoms with Gasteiger partial charge in [-0.25, -0.2) is 0 Å². The zero-order chi connectivity index (χ0) is 12.5. The van der Waals surface area contributed by atoms with Crippen LogP contribution in [0.1, 0.15) is 22.0 Å². The molecular weight excluding hydrogens is 292 g/mol. The lowest BCUT2D eigenvalue weighted by Gasteiger charge is -2.07. The average molecular weight is 301 g/mol. The van der Waals surface area contributed by atoms with Crippen LogP contribution in [0.4, 0.5) is 5.69 Å². The van der Waals surface area contributed by atoms with Crippen molar-refractivity contribution < 1.29 is 4.79 Å². The molecule has 3 rings (SSSR count). The summed E-state index contributed by atoms with van der Waals surface area (Å²) in [5, 5.41) is 8.14. The molecule has 0 fully saturated rings. The Hall–Kier alpha value is -1.81. The third kappa shape index (κ3) is 1.88. The van der Waals surface area contributed by atoms with Gasteiger partial charge in [0.2, 0.25) is 0 Å². The number of azo groups is 1. The number of carbonyl (C=O) groups is 1. The molecule has 0 saturated carbocycles. The maximum absolute atomic E-state index is 12.3. The average Bonchev–Trinajstić information content (AvgIpc) is 2.81. The van der Waals surface area contributed by atoms with Gasteiger partial charge in [0, 0.05) is 15.6 Å². The van der Waals surface area contributed by atoms with E-state index in [0.717, 1.165) is 15.7 Å². The summed E-state index contributed by atoms with van der Waals surface area (Å²) >= 11 is 3.38. The lowest BCUT2D eigenvalue weighted by molar-refractivity contribution is 0.0962. The van der Waals surface area contributed by atoms with Crippen LogP contribution in [0.5, 0.6) is 0 Å². The van der Waals surface area contributed by atoms with E-state index < -0.39 is 6.04 Å². The van der Waals surface area contributed by atoms with Crippen LogP contribution in [0.3, 0.4) is 0 Å². The highest BCUT2D eigenvalue weighted by molar-refractivity contribution is 9.10. The first kappa shape index (κ1) is 11.3. The third-order valence-corrected chi connectivity index (χ3v) is 3.37. The van der Waals surface area contributed by atoms with E-state index in [-0.39, 0.29) is 5.78 Å². The fourth-order valence-corrected chi connectivity index (χ4v) is 2.32. The summed E-state index contributed by atoms with van der Waals surface area (Å²) in [5.74, 6) is -0.0135. The van der Waals surface area contributed by atoms with Crippen LogP contribution >= 0.6 is 15.9 Å². The molecule has 18 heavy (non-hydrogen) atoms. The number of hydrogen-bond donors (Lipinski definition) is 0. The lowest BCUT2D eigenvalue weighted by atomic mass is 9.98. The van der Waals surface area contributed by atoms with E-state index in [9.17, 15) is 4.79 Å². The zero-order valence-electron chi connectivity index (χ0n) is 9.38. The van der Waals surface area contributed by atoms with Crippen LogP contribution in [0, 0.1) is 0 Å². The molecule has 4 heteroatoms. The molecule has 0 aliphatic carbocycles. The second-order valence-corrected chi connectivity index (χ2v) is 4.97. The Labute approximate surface area is 113 Å². The minimum atomic E-state index is -0.504. The first-order valence-corrected chi connectivity index (χ1v) is 6.34. The normalized spacial score (nSPS) is 16.6. The van der Waals surface area contributed by atoms with Crippen molar-refractivity contribution in [2.45, 2.75) is 6.04 Å². The molecule has 88 valence electrons. The second kappa shape index (κ2) is 4.46. The van der Waals surface area contributed by atoms with Crippen molar-refractivity contribution in [1.29, 1.82) is 0 Å². The minimum Gasteiger partial charge on any atom is -0.291 e. The van der Waals surface area contributed by atoms with Gasteiger partial charge in [0.05, 0.1) is 5.69 Å². The molecule has 0 N–H and O–H groups in total. The molecule has 1 atom stereocenters. The van der Waals surface area contributed by atoms with E-state index in [0.29, 0.717) is 5.56 Å². The summed E-state index contributed by atoms with van der Waals surface area (Å²) in [6, 6.07) is 14.4. The Morgan fingerprint density at radius 1 is 1.11 bits per heavy atom. The SMILES string of the molecule is O=C(c1ccccc1)[C@@H]1N=Nc2cc(Br)ccc21. The summed E-state index contributed by atoms with van der Waals surface area (Å²) in [6.45, 7) is 0. The largest absolute Gasteiger partial charge is 0.291 e. The van der Waals surface area contributed by atoms with E-state index in [4.69, 9.17) is 0 Å². The van der Waals surface area contributed by atoms with Gasteiger partial charge in [-0.3, -0.25) is 4.79 Å². The van der Waals surface area contributed by atoms with Crippen LogP contribution in [0.2, 0.25) is 0 Å². The number of ketones is 1. The number of nitrogens with zero attached hydrogens (tertiary/aromatic N) is 2. The van der Waals surface area contributed by atoms with Crippen LogP contribution in [-0.4, -0.2) is 5.78 Å². The van der Waals surface area contributed by atoms with Crippen molar-refractivity contribution in [1.82, 2.24) is 0 Å². The fourth-order valence-electron chi connectivity index (χ4n) is 1.97. The number of halogens is 1. The monoisotopic (exact) mass is 300 g/mol. The number of fused-ring (bicyclic) bond motifs is 1. The maximum Gasteiger partial charge on any atom is 0.193 e. The number of rotatable bonds is 2. The van der Waals surface area contributed by atoms with Crippen molar-refractivity contribution in [2.75, 3.05) is 0 Å². The van der Waals surface area contributed by atoms with Crippen molar-refractivity contribution in [3.05, 3.63) is 64.1 Å². The lowest BCUT2D eigenvalue weighted by Crippen LogP contribution is -2.08. The number of carbonyl (C=O) groups excluding carboxylic acids is 1. The van der Waals surface area contributed by atoms with E-state index in [1.54, 1.807) is 12.1 Å². The molecule has 0 bridgehead atoms. The maximum atomic E-state index is 12.3. The Balaban J connectivity index is 1.98. The highest BCUT2D eigenvalue weighted by atomic mass is 79.9. The van der Waals surface area contributed by atoms with Gasteiger partial charge >= 0.3 is 0 Å². The topological polar surface area (TPSA) is 41.8 Å². The van der Waals surface area contributed by atoms with Crippen LogP contribution in [-0.2, 0) is 0 Å². The van der Waals surface area contributed by atoms with E-state index in [1.165, 1.54) is 0 Å². The Morgan fingerprint density at radius 3 is 2.67 bits per heavy atom. The fraction of sp³-hybridized carbons (Fsp3) is 0.0714. The summed E-state index contributed by atoms with van der Waals surface area (Å²) < 4.78 is 0.938. The van der Waals surface area contributed by atoms with E-state index in [1.807, 2.05) is 36.4 Å². The molecule has 0 spiro atoms. The highest BCUT2D eigenvalue weighted by Crippen LogP contribution is 2.38. The predicted octanol–water partition coefficient (Wildman–Crippen LogP) is 4.47. The molecular formula is C14H9BrN2O. The summed E-state index contributed by atoms with van der Waals surface area (Å²) in [6.07, 6.45) is 0. The first-order chi connectivity index (χ1) is 8.75. The molecule has 0 saturated heterocycles. The minimum absolute atomic E-state index is 0.0135. The molecule has 1 heterocycles. The molecule has 0 radical (unpaired) electrons. The van der Waals surface area contributed by atoms with Crippen molar-refractivity contribution >= 4 is 27.4 Å². The smallest absolute Gasteiger partial charge is 0.193 e. The van der Waals surface area contributed by atoms with Gasteiger partial charge in [-0.1, -0.05) is 52.3 Å². The van der Waals surface area contributed by atoms with Gasteiger partial charge < -0.3 is 0 Å². The molecule has 1 aliphatic heterocycles. The summed E-state index contributed by atoms with van der Waals surface area (Å²) in [4.78, 5) is 12.3. The molecule has 0 aromatic heterocycles. The zero-order valence-corrected chi connectivity index (χ0v) is 11.0. The van der Waals surface area contributed by atoms with Gasteiger partial charge in [-0.2, -0.15) is 10.2 Å². The Morgan fingerprint density at radius 2 is 1.89 bits per heavy atom. The summed E-state index contributed by atoms with van der Waals surface area (Å²) in [7, 11) is 0. The predicted molar refractivity (Wildman–Crippen MR) is 72.2 cm³/mol. The third-order valence-electron chi connectivity index (χ3n) is 2.87. The summed E-state index contributed by atoms with van der Waals surface area (Å²) in [5.41, 5.74) is 2.29. The van der Waals surface area contributed by atoms with Gasteiger partial charge in [-0.05, 0) is 12.1 Å². The Kier molecular flexibility index (Phi) is 2.80. The van der Waals surface area contributed by atoms with Crippen molar-refractivity contribution in [2.24, 2.45) is 10.2 Å². The van der Waals surface area contributed by atoms with Crippen molar-refractivity contribution in [3.8, 4) is 0 Å². The molecule has 0 amide bonds. The molecule has 2 aromatic carbocycles. The quantitative estimate of drug-likeness (QED) is 0.754. The first-order valence-electron chi connectivity index (χ1n) is 5.55. The van der Waals surface area contributed by atoms with Gasteiger partial charge in [0.15, 0.2) is 11.8 Å². The number of hydrogen-bond acceptors (Lipinski definition) is 3. The van der Waals surface area contributed by atoms with Crippen LogP contribution in [0.15, 0.2) is 63.2 Å². The van der Waals surface area contributed by atoms with Crippen LogP contribution in [0.25, 0.3) is 0 Å². The highest BCUT2D eigenvalue weighted by Gasteiger charge is 2.28. The number of Topliss-reactive ketones (excluding diaryl/α,β-unsaturated/α-hetero) is 1. The molecule has 1 aliphatic rings. The second-order valence-electron chi connectivity index (χ2n) is 4.05. The van der Waals surface area contributed by atoms with Gasteiger partial charge in [0.25, 0.3) is 0 Å². The van der Waals surface area contributed by atoms with Gasteiger partial charge in [-0.15, -0.1) is 0 Å². The van der Waals surface area contributed by atoms with E-state index >= 15 is 0 Å². The van der Waals surface area contributed by atoms with Crippen LogP contribution < -0.4 is 0 Å². The van der Waals surface area contributed by atoms with Gasteiger partial charge in [0.1, 0.15) is 0 Å². The molecule has 2 aromatic rings.